The van der Waals surface area contributed by atoms with Gasteiger partial charge in [0, 0.05) is 17.2 Å². The van der Waals surface area contributed by atoms with Gasteiger partial charge in [-0.3, -0.25) is 10.1 Å². The quantitative estimate of drug-likeness (QED) is 0.329. The van der Waals surface area contributed by atoms with Gasteiger partial charge in [-0.1, -0.05) is 24.9 Å². The van der Waals surface area contributed by atoms with E-state index < -0.39 is 35.8 Å². The summed E-state index contributed by atoms with van der Waals surface area (Å²) >= 11 is 5.48. The molecule has 3 nitrogen and oxygen atoms in total. The van der Waals surface area contributed by atoms with Gasteiger partial charge in [-0.2, -0.15) is 0 Å². The third-order valence-corrected chi connectivity index (χ3v) is 5.12. The Labute approximate surface area is 124 Å². The average molecular weight is 348 g/mol. The van der Waals surface area contributed by atoms with Crippen molar-refractivity contribution in [2.24, 2.45) is 0 Å². The highest BCUT2D eigenvalue weighted by atomic mass is 35.5. The van der Waals surface area contributed by atoms with Gasteiger partial charge < -0.3 is 0 Å². The summed E-state index contributed by atoms with van der Waals surface area (Å²) in [6.07, 6.45) is 0.950. The number of hydrogen-bond acceptors (Lipinski definition) is 2. The minimum absolute atomic E-state index is 0.0767. The second kappa shape index (κ2) is 5.17. The number of nitro benzene ring substituents is 1. The second-order valence-electron chi connectivity index (χ2n) is 4.55. The molecule has 0 radical (unpaired) electrons. The summed E-state index contributed by atoms with van der Waals surface area (Å²) in [6, 6.07) is 1.95. The molecule has 0 aliphatic rings. The lowest BCUT2D eigenvalue weighted by atomic mass is 10.2. The zero-order chi connectivity index (χ0) is 16.4. The topological polar surface area (TPSA) is 43.1 Å². The molecule has 1 aromatic rings. The van der Waals surface area contributed by atoms with E-state index in [1.54, 1.807) is 6.92 Å². The van der Waals surface area contributed by atoms with Crippen molar-refractivity contribution in [3.8, 4) is 0 Å². The molecular weight excluding hydrogens is 334 g/mol. The van der Waals surface area contributed by atoms with E-state index in [4.69, 9.17) is 11.6 Å². The molecule has 0 aliphatic carbocycles. The van der Waals surface area contributed by atoms with Gasteiger partial charge in [-0.15, -0.1) is 15.5 Å². The number of nitrogens with zero attached hydrogens (tertiary/aromatic N) is 1. The smallest absolute Gasteiger partial charge is 0.258 e. The first-order chi connectivity index (χ1) is 9.38. The number of halogens is 5. The Bertz CT molecular complexity index is 582. The van der Waals surface area contributed by atoms with Gasteiger partial charge in [-0.05, 0) is 25.0 Å². The maximum Gasteiger partial charge on any atom is 0.269 e. The number of benzene rings is 1. The largest absolute Gasteiger partial charge is 0.269 e. The number of hydrogen-bond donors (Lipinski definition) is 0. The molecule has 0 aromatic heterocycles. The zero-order valence-corrected chi connectivity index (χ0v) is 12.6. The van der Waals surface area contributed by atoms with E-state index in [9.17, 15) is 25.7 Å². The molecular formula is C12H14ClF4NO2S. The van der Waals surface area contributed by atoms with E-state index >= 15 is 0 Å². The minimum atomic E-state index is -8.69. The van der Waals surface area contributed by atoms with Gasteiger partial charge in [-0.25, -0.2) is 0 Å². The normalized spacial score (nSPS) is 16.2. The number of unbranched alkanes of at least 4 members (excludes halogenated alkanes) is 1. The van der Waals surface area contributed by atoms with Gasteiger partial charge in [0.25, 0.3) is 5.69 Å². The number of rotatable bonds is 6. The molecule has 0 heterocycles. The number of non-ortho nitro benzene ring substituents is 1. The molecule has 0 unspecified atom stereocenters. The van der Waals surface area contributed by atoms with E-state index in [-0.39, 0.29) is 6.42 Å². The molecule has 0 bridgehead atoms. The Balaban J connectivity index is 3.28. The van der Waals surface area contributed by atoms with Crippen LogP contribution >= 0.6 is 21.4 Å². The molecule has 21 heavy (non-hydrogen) atoms. The van der Waals surface area contributed by atoms with Crippen molar-refractivity contribution in [1.29, 1.82) is 0 Å². The van der Waals surface area contributed by atoms with Crippen LogP contribution in [0, 0.1) is 10.1 Å². The van der Waals surface area contributed by atoms with Gasteiger partial charge >= 0.3 is 0 Å². The second-order valence-corrected chi connectivity index (χ2v) is 8.01. The van der Waals surface area contributed by atoms with Crippen molar-refractivity contribution >= 4 is 27.1 Å². The standard InChI is InChI=1S/C12H14ClF4NO2S/c1-2-3-4-10(13)9-21(14,15,16,17)12-7-5-11(6-8-12)18(19)20/h5-9H,2-4H2,1H3/b10-9+. The molecule has 0 aliphatic heterocycles. The van der Waals surface area contributed by atoms with Crippen molar-refractivity contribution in [2.45, 2.75) is 31.1 Å². The van der Waals surface area contributed by atoms with Crippen LogP contribution in [-0.4, -0.2) is 4.92 Å². The summed E-state index contributed by atoms with van der Waals surface area (Å²) in [7, 11) is -8.69. The van der Waals surface area contributed by atoms with E-state index in [0.717, 1.165) is 0 Å². The van der Waals surface area contributed by atoms with Crippen LogP contribution in [-0.2, 0) is 0 Å². The molecule has 0 fully saturated rings. The lowest BCUT2D eigenvalue weighted by Crippen LogP contribution is -2.11. The summed E-state index contributed by atoms with van der Waals surface area (Å²) in [5, 5.41) is 9.33. The van der Waals surface area contributed by atoms with Gasteiger partial charge in [0.1, 0.15) is 0 Å². The lowest BCUT2D eigenvalue weighted by Gasteiger charge is -2.47. The molecule has 120 valence electrons. The van der Waals surface area contributed by atoms with Crippen LogP contribution in [0.15, 0.2) is 39.6 Å². The highest BCUT2D eigenvalue weighted by Gasteiger charge is 2.62. The average Bonchev–Trinajstić information content (AvgIpc) is 2.34. The van der Waals surface area contributed by atoms with Crippen LogP contribution < -0.4 is 0 Å². The van der Waals surface area contributed by atoms with E-state index in [2.05, 4.69) is 0 Å². The molecule has 1 rings (SSSR count). The first-order valence-corrected chi connectivity index (χ1v) is 8.50. The molecule has 0 saturated carbocycles. The SMILES string of the molecule is CCCC/C(Cl)=C\S(F)(F)(F)(F)c1ccc([N+](=O)[O-])cc1. The van der Waals surface area contributed by atoms with Crippen LogP contribution in [0.3, 0.4) is 0 Å². The fraction of sp³-hybridized carbons (Fsp3) is 0.333. The first-order valence-electron chi connectivity index (χ1n) is 6.01. The lowest BCUT2D eigenvalue weighted by molar-refractivity contribution is -0.384. The van der Waals surface area contributed by atoms with Crippen molar-refractivity contribution in [3.05, 3.63) is 44.8 Å². The molecule has 9 heteroatoms. The van der Waals surface area contributed by atoms with Crippen LogP contribution in [0.4, 0.5) is 21.2 Å². The first kappa shape index (κ1) is 17.8. The maximum atomic E-state index is 14.0. The highest BCUT2D eigenvalue weighted by Crippen LogP contribution is 3.02. The Morgan fingerprint density at radius 1 is 1.29 bits per heavy atom. The molecule has 0 spiro atoms. The zero-order valence-electron chi connectivity index (χ0n) is 11.1. The van der Waals surface area contributed by atoms with Crippen LogP contribution in [0.1, 0.15) is 26.2 Å². The van der Waals surface area contributed by atoms with Crippen molar-refractivity contribution in [1.82, 2.24) is 0 Å². The van der Waals surface area contributed by atoms with E-state index in [1.165, 1.54) is 0 Å². The van der Waals surface area contributed by atoms with Crippen LogP contribution in [0.2, 0.25) is 0 Å². The molecule has 0 amide bonds. The van der Waals surface area contributed by atoms with Crippen molar-refractivity contribution in [2.75, 3.05) is 0 Å². The Hall–Kier alpha value is -1.28. The summed E-state index contributed by atoms with van der Waals surface area (Å²) in [6.45, 7) is 1.77. The summed E-state index contributed by atoms with van der Waals surface area (Å²) in [5.41, 5.74) is -0.548. The fourth-order valence-electron chi connectivity index (χ4n) is 1.58. The van der Waals surface area contributed by atoms with Gasteiger partial charge in [0.2, 0.25) is 9.84 Å². The number of allylic oxidation sites excluding steroid dienone is 1. The molecule has 1 aromatic carbocycles. The van der Waals surface area contributed by atoms with Crippen molar-refractivity contribution in [3.63, 3.8) is 0 Å². The third kappa shape index (κ3) is 4.60. The maximum absolute atomic E-state index is 14.0. The van der Waals surface area contributed by atoms with Crippen LogP contribution in [0.25, 0.3) is 0 Å². The monoisotopic (exact) mass is 347 g/mol. The minimum Gasteiger partial charge on any atom is -0.258 e. The number of nitro groups is 1. The van der Waals surface area contributed by atoms with Gasteiger partial charge in [0.15, 0.2) is 0 Å². The van der Waals surface area contributed by atoms with Crippen molar-refractivity contribution < 1.29 is 20.5 Å². The predicted octanol–water partition coefficient (Wildman–Crippen LogP) is 6.64. The van der Waals surface area contributed by atoms with Gasteiger partial charge in [0.05, 0.1) is 15.2 Å². The Kier molecular flexibility index (Phi) is 4.37. The Morgan fingerprint density at radius 3 is 2.24 bits per heavy atom. The van der Waals surface area contributed by atoms with Crippen LogP contribution in [0.5, 0.6) is 0 Å². The summed E-state index contributed by atoms with van der Waals surface area (Å²) in [5.74, 6) is 0. The third-order valence-electron chi connectivity index (χ3n) is 2.67. The summed E-state index contributed by atoms with van der Waals surface area (Å²) in [4.78, 5) is 8.00. The molecule has 0 atom stereocenters. The fourth-order valence-corrected chi connectivity index (χ4v) is 3.73. The molecule has 0 N–H and O–H groups in total. The molecule has 0 saturated heterocycles. The Morgan fingerprint density at radius 2 is 1.81 bits per heavy atom. The summed E-state index contributed by atoms with van der Waals surface area (Å²) < 4.78 is 56.0. The van der Waals surface area contributed by atoms with E-state index in [1.807, 2.05) is 0 Å². The predicted molar refractivity (Wildman–Crippen MR) is 76.8 cm³/mol. The van der Waals surface area contributed by atoms with E-state index in [0.29, 0.717) is 37.1 Å². The highest BCUT2D eigenvalue weighted by molar-refractivity contribution is 8.52.